The minimum Gasteiger partial charge on any atom is -0.379 e. The van der Waals surface area contributed by atoms with Gasteiger partial charge >= 0.3 is 18.0 Å². The average molecular weight is 247 g/mol. The van der Waals surface area contributed by atoms with Crippen molar-refractivity contribution >= 4 is 5.91 Å². The van der Waals surface area contributed by atoms with E-state index in [9.17, 15) is 26.7 Å². The lowest BCUT2D eigenvalue weighted by molar-refractivity contribution is -0.270. The summed E-state index contributed by atoms with van der Waals surface area (Å²) in [7, 11) is 0. The highest BCUT2D eigenvalue weighted by Gasteiger charge is 2.64. The standard InChI is InChI=1S/C8H10F5NO2/c1-6(2-3-16-4-6)14-5(15)7(9,10)8(11,12)13/h2-4H2,1H3,(H,14,15). The molecule has 0 spiro atoms. The van der Waals surface area contributed by atoms with Crippen molar-refractivity contribution in [1.82, 2.24) is 5.32 Å². The molecule has 1 atom stereocenters. The number of halogens is 5. The molecule has 94 valence electrons. The van der Waals surface area contributed by atoms with E-state index in [0.29, 0.717) is 0 Å². The average Bonchev–Trinajstić information content (AvgIpc) is 2.49. The maximum Gasteiger partial charge on any atom is 0.463 e. The van der Waals surface area contributed by atoms with Gasteiger partial charge in [0.1, 0.15) is 0 Å². The normalized spacial score (nSPS) is 26.9. The zero-order chi connectivity index (χ0) is 12.6. The van der Waals surface area contributed by atoms with E-state index in [2.05, 4.69) is 0 Å². The second-order valence-electron chi connectivity index (χ2n) is 3.89. The Morgan fingerprint density at radius 1 is 1.31 bits per heavy atom. The first-order chi connectivity index (χ1) is 7.08. The van der Waals surface area contributed by atoms with Crippen LogP contribution in [0.4, 0.5) is 22.0 Å². The Labute approximate surface area is 87.9 Å². The largest absolute Gasteiger partial charge is 0.463 e. The SMILES string of the molecule is CC1(NC(=O)C(F)(F)C(F)(F)F)CCOC1. The number of amides is 1. The van der Waals surface area contributed by atoms with Crippen LogP contribution in [0.15, 0.2) is 0 Å². The van der Waals surface area contributed by atoms with Crippen LogP contribution in [-0.4, -0.2) is 36.8 Å². The molecule has 0 aromatic carbocycles. The van der Waals surface area contributed by atoms with Crippen LogP contribution in [-0.2, 0) is 9.53 Å². The fourth-order valence-electron chi connectivity index (χ4n) is 1.25. The third kappa shape index (κ3) is 2.42. The number of rotatable bonds is 2. The number of carbonyl (C=O) groups excluding carboxylic acids is 1. The van der Waals surface area contributed by atoms with Crippen molar-refractivity contribution in [3.8, 4) is 0 Å². The first-order valence-electron chi connectivity index (χ1n) is 4.43. The fraction of sp³-hybridized carbons (Fsp3) is 0.875. The Hall–Kier alpha value is -0.920. The van der Waals surface area contributed by atoms with Gasteiger partial charge in [0.15, 0.2) is 0 Å². The molecule has 8 heteroatoms. The van der Waals surface area contributed by atoms with E-state index in [1.54, 1.807) is 5.32 Å². The van der Waals surface area contributed by atoms with Crippen LogP contribution < -0.4 is 5.32 Å². The van der Waals surface area contributed by atoms with Gasteiger partial charge in [-0.25, -0.2) is 0 Å². The summed E-state index contributed by atoms with van der Waals surface area (Å²) in [5.41, 5.74) is -1.16. The van der Waals surface area contributed by atoms with Gasteiger partial charge in [-0.3, -0.25) is 4.79 Å². The van der Waals surface area contributed by atoms with Gasteiger partial charge in [-0.1, -0.05) is 0 Å². The molecular formula is C8H10F5NO2. The van der Waals surface area contributed by atoms with Crippen LogP contribution in [0.25, 0.3) is 0 Å². The molecular weight excluding hydrogens is 237 g/mol. The van der Waals surface area contributed by atoms with Crippen molar-refractivity contribution in [3.05, 3.63) is 0 Å². The molecule has 1 saturated heterocycles. The predicted molar refractivity (Wildman–Crippen MR) is 43.0 cm³/mol. The zero-order valence-corrected chi connectivity index (χ0v) is 8.33. The first kappa shape index (κ1) is 13.1. The number of ether oxygens (including phenoxy) is 1. The van der Waals surface area contributed by atoms with Gasteiger partial charge < -0.3 is 10.1 Å². The maximum atomic E-state index is 12.6. The second kappa shape index (κ2) is 3.83. The fourth-order valence-corrected chi connectivity index (χ4v) is 1.25. The van der Waals surface area contributed by atoms with Gasteiger partial charge in [0.05, 0.1) is 12.1 Å². The molecule has 0 aliphatic carbocycles. The molecule has 1 N–H and O–H groups in total. The molecule has 1 amide bonds. The summed E-state index contributed by atoms with van der Waals surface area (Å²) in [6, 6.07) is 0. The van der Waals surface area contributed by atoms with Crippen LogP contribution in [0.5, 0.6) is 0 Å². The van der Waals surface area contributed by atoms with Crippen molar-refractivity contribution in [2.75, 3.05) is 13.2 Å². The summed E-state index contributed by atoms with van der Waals surface area (Å²) in [4.78, 5) is 10.8. The molecule has 0 aromatic rings. The highest BCUT2D eigenvalue weighted by atomic mass is 19.4. The Morgan fingerprint density at radius 3 is 2.25 bits per heavy atom. The third-order valence-electron chi connectivity index (χ3n) is 2.28. The van der Waals surface area contributed by atoms with Crippen LogP contribution in [0.3, 0.4) is 0 Å². The summed E-state index contributed by atoms with van der Waals surface area (Å²) in [5, 5.41) is 1.67. The van der Waals surface area contributed by atoms with Crippen molar-refractivity contribution in [2.24, 2.45) is 0 Å². The van der Waals surface area contributed by atoms with Gasteiger partial charge in [0.25, 0.3) is 0 Å². The van der Waals surface area contributed by atoms with Crippen molar-refractivity contribution in [1.29, 1.82) is 0 Å². The summed E-state index contributed by atoms with van der Waals surface area (Å²) >= 11 is 0. The Morgan fingerprint density at radius 2 is 1.88 bits per heavy atom. The molecule has 0 saturated carbocycles. The molecule has 3 nitrogen and oxygen atoms in total. The molecule has 1 unspecified atom stereocenters. The summed E-state index contributed by atoms with van der Waals surface area (Å²) < 4.78 is 65.5. The lowest BCUT2D eigenvalue weighted by Crippen LogP contribution is -2.57. The Balaban J connectivity index is 2.72. The van der Waals surface area contributed by atoms with E-state index in [0.717, 1.165) is 0 Å². The molecule has 1 aliphatic heterocycles. The minimum absolute atomic E-state index is 0.0767. The van der Waals surface area contributed by atoms with Gasteiger partial charge in [0.2, 0.25) is 0 Å². The first-order valence-corrected chi connectivity index (χ1v) is 4.43. The van der Waals surface area contributed by atoms with Crippen molar-refractivity contribution < 1.29 is 31.5 Å². The van der Waals surface area contributed by atoms with E-state index < -0.39 is 23.5 Å². The zero-order valence-electron chi connectivity index (χ0n) is 8.33. The van der Waals surface area contributed by atoms with E-state index in [-0.39, 0.29) is 19.6 Å². The summed E-state index contributed by atoms with van der Waals surface area (Å²) in [6.07, 6.45) is -5.68. The molecule has 1 heterocycles. The summed E-state index contributed by atoms with van der Waals surface area (Å²) in [6.45, 7) is 1.49. The predicted octanol–water partition coefficient (Wildman–Crippen LogP) is 1.48. The van der Waals surface area contributed by atoms with Crippen molar-refractivity contribution in [3.63, 3.8) is 0 Å². The van der Waals surface area contributed by atoms with Gasteiger partial charge in [-0.15, -0.1) is 0 Å². The van der Waals surface area contributed by atoms with E-state index in [4.69, 9.17) is 4.74 Å². The quantitative estimate of drug-likeness (QED) is 0.750. The number of carbonyl (C=O) groups is 1. The minimum atomic E-state index is -5.88. The van der Waals surface area contributed by atoms with Gasteiger partial charge in [-0.05, 0) is 13.3 Å². The third-order valence-corrected chi connectivity index (χ3v) is 2.28. The number of hydrogen-bond donors (Lipinski definition) is 1. The maximum absolute atomic E-state index is 12.6. The monoisotopic (exact) mass is 247 g/mol. The second-order valence-corrected chi connectivity index (χ2v) is 3.89. The molecule has 0 aromatic heterocycles. The van der Waals surface area contributed by atoms with E-state index in [1.807, 2.05) is 0 Å². The van der Waals surface area contributed by atoms with Crippen molar-refractivity contribution in [2.45, 2.75) is 31.0 Å². The molecule has 0 bridgehead atoms. The molecule has 16 heavy (non-hydrogen) atoms. The lowest BCUT2D eigenvalue weighted by Gasteiger charge is -2.27. The Bertz CT molecular complexity index is 283. The number of alkyl halides is 5. The van der Waals surface area contributed by atoms with Crippen LogP contribution in [0, 0.1) is 0 Å². The highest BCUT2D eigenvalue weighted by molar-refractivity contribution is 5.85. The number of hydrogen-bond acceptors (Lipinski definition) is 2. The highest BCUT2D eigenvalue weighted by Crippen LogP contribution is 2.36. The molecule has 0 radical (unpaired) electrons. The topological polar surface area (TPSA) is 38.3 Å². The molecule has 1 rings (SSSR count). The van der Waals surface area contributed by atoms with E-state index in [1.165, 1.54) is 6.92 Å². The Kier molecular flexibility index (Phi) is 3.15. The van der Waals surface area contributed by atoms with Crippen LogP contribution in [0.1, 0.15) is 13.3 Å². The molecule has 1 aliphatic rings. The smallest absolute Gasteiger partial charge is 0.379 e. The van der Waals surface area contributed by atoms with Gasteiger partial charge in [0, 0.05) is 6.61 Å². The van der Waals surface area contributed by atoms with Crippen LogP contribution in [0.2, 0.25) is 0 Å². The van der Waals surface area contributed by atoms with E-state index >= 15 is 0 Å². The van der Waals surface area contributed by atoms with Gasteiger partial charge in [-0.2, -0.15) is 22.0 Å². The summed E-state index contributed by atoms with van der Waals surface area (Å²) in [5.74, 6) is -7.72. The van der Waals surface area contributed by atoms with Crippen LogP contribution >= 0.6 is 0 Å². The lowest BCUT2D eigenvalue weighted by atomic mass is 10.0. The number of nitrogens with one attached hydrogen (secondary N) is 1. The molecule has 1 fully saturated rings.